The molecule has 1 saturated heterocycles. The van der Waals surface area contributed by atoms with Crippen LogP contribution in [0.15, 0.2) is 18.6 Å². The predicted octanol–water partition coefficient (Wildman–Crippen LogP) is 3.62. The summed E-state index contributed by atoms with van der Waals surface area (Å²) in [6.07, 6.45) is 17.8. The number of hydrogen-bond acceptors (Lipinski definition) is 8. The van der Waals surface area contributed by atoms with Crippen LogP contribution in [-0.2, 0) is 24.0 Å². The minimum Gasteiger partial charge on any atom is -0.347 e. The van der Waals surface area contributed by atoms with E-state index in [2.05, 4.69) is 45.1 Å². The van der Waals surface area contributed by atoms with Crippen LogP contribution in [0.1, 0.15) is 136 Å². The SMILES string of the molecule is C1CCCCC1.CCC.CCC[C@H](NC(=O)C1CCCN1C(=O)C(NC(=O)CNC(=O)c1cnccn1)C(C)(C)C)C(=O)C(=O)NC1CC1. The Bertz CT molecular complexity index is 1220. The summed E-state index contributed by atoms with van der Waals surface area (Å²) in [6, 6.07) is -2.80. The second-order valence-corrected chi connectivity index (χ2v) is 14.1. The Morgan fingerprint density at radius 2 is 1.49 bits per heavy atom. The van der Waals surface area contributed by atoms with E-state index in [0.717, 1.165) is 12.8 Å². The van der Waals surface area contributed by atoms with E-state index < -0.39 is 58.9 Å². The lowest BCUT2D eigenvalue weighted by Crippen LogP contribution is -2.59. The van der Waals surface area contributed by atoms with Crippen LogP contribution in [0.2, 0.25) is 0 Å². The lowest BCUT2D eigenvalue weighted by molar-refractivity contribution is -0.145. The molecule has 13 nitrogen and oxygen atoms in total. The van der Waals surface area contributed by atoms with E-state index in [1.807, 2.05) is 6.92 Å². The molecular formula is C36H59N7O6. The van der Waals surface area contributed by atoms with Gasteiger partial charge in [-0.25, -0.2) is 4.98 Å². The fraction of sp³-hybridized carbons (Fsp3) is 0.722. The van der Waals surface area contributed by atoms with Gasteiger partial charge in [0.15, 0.2) is 0 Å². The second kappa shape index (κ2) is 21.2. The van der Waals surface area contributed by atoms with E-state index in [9.17, 15) is 28.8 Å². The topological polar surface area (TPSA) is 180 Å². The minimum atomic E-state index is -0.987. The Balaban J connectivity index is 0.000000808. The van der Waals surface area contributed by atoms with E-state index in [4.69, 9.17) is 0 Å². The van der Waals surface area contributed by atoms with Crippen LogP contribution < -0.4 is 21.3 Å². The molecule has 2 aliphatic carbocycles. The van der Waals surface area contributed by atoms with Gasteiger partial charge >= 0.3 is 0 Å². The first kappa shape index (κ1) is 41.3. The molecule has 0 bridgehead atoms. The summed E-state index contributed by atoms with van der Waals surface area (Å²) >= 11 is 0. The van der Waals surface area contributed by atoms with E-state index in [1.54, 1.807) is 20.8 Å². The van der Waals surface area contributed by atoms with E-state index in [-0.39, 0.29) is 18.3 Å². The van der Waals surface area contributed by atoms with Gasteiger partial charge in [0.25, 0.3) is 11.8 Å². The van der Waals surface area contributed by atoms with Gasteiger partial charge in [-0.3, -0.25) is 33.8 Å². The Labute approximate surface area is 291 Å². The quantitative estimate of drug-likeness (QED) is 0.241. The predicted molar refractivity (Wildman–Crippen MR) is 187 cm³/mol. The highest BCUT2D eigenvalue weighted by atomic mass is 16.2. The summed E-state index contributed by atoms with van der Waals surface area (Å²) in [5.74, 6) is -3.51. The summed E-state index contributed by atoms with van der Waals surface area (Å²) in [5, 5.41) is 10.5. The summed E-state index contributed by atoms with van der Waals surface area (Å²) in [7, 11) is 0. The molecule has 49 heavy (non-hydrogen) atoms. The van der Waals surface area contributed by atoms with E-state index in [0.29, 0.717) is 32.2 Å². The Hall–Kier alpha value is -3.90. The molecule has 3 aliphatic rings. The average Bonchev–Trinajstić information content (AvgIpc) is 3.76. The van der Waals surface area contributed by atoms with Gasteiger partial charge in [-0.05, 0) is 37.5 Å². The van der Waals surface area contributed by atoms with Crippen molar-refractivity contribution in [1.29, 1.82) is 0 Å². The summed E-state index contributed by atoms with van der Waals surface area (Å²) < 4.78 is 0. The number of carbonyl (C=O) groups is 6. The molecule has 1 aliphatic heterocycles. The van der Waals surface area contributed by atoms with Crippen LogP contribution >= 0.6 is 0 Å². The first-order chi connectivity index (χ1) is 23.3. The minimum absolute atomic E-state index is 0.0160. The zero-order valence-electron chi connectivity index (χ0n) is 30.4. The van der Waals surface area contributed by atoms with Gasteiger partial charge in [0, 0.05) is 25.0 Å². The van der Waals surface area contributed by atoms with Gasteiger partial charge in [-0.15, -0.1) is 0 Å². The number of rotatable bonds is 12. The number of amides is 5. The van der Waals surface area contributed by atoms with Crippen molar-refractivity contribution < 1.29 is 28.8 Å². The van der Waals surface area contributed by atoms with Crippen molar-refractivity contribution in [3.8, 4) is 0 Å². The maximum absolute atomic E-state index is 13.7. The van der Waals surface area contributed by atoms with Gasteiger partial charge in [0.05, 0.1) is 18.8 Å². The summed E-state index contributed by atoms with van der Waals surface area (Å²) in [4.78, 5) is 86.0. The molecule has 2 heterocycles. The van der Waals surface area contributed by atoms with E-state index in [1.165, 1.54) is 68.4 Å². The largest absolute Gasteiger partial charge is 0.347 e. The average molecular weight is 686 g/mol. The van der Waals surface area contributed by atoms with Crippen molar-refractivity contribution in [2.75, 3.05) is 13.1 Å². The number of aromatic nitrogens is 2. The highest BCUT2D eigenvalue weighted by molar-refractivity contribution is 6.38. The highest BCUT2D eigenvalue weighted by Crippen LogP contribution is 2.26. The zero-order valence-corrected chi connectivity index (χ0v) is 30.4. The van der Waals surface area contributed by atoms with Gasteiger partial charge in [0.2, 0.25) is 23.5 Å². The third-order valence-corrected chi connectivity index (χ3v) is 8.31. The van der Waals surface area contributed by atoms with Crippen molar-refractivity contribution >= 4 is 35.3 Å². The molecule has 3 atom stereocenters. The molecule has 0 radical (unpaired) electrons. The smallest absolute Gasteiger partial charge is 0.289 e. The van der Waals surface area contributed by atoms with Crippen LogP contribution in [0.3, 0.4) is 0 Å². The molecule has 0 spiro atoms. The first-order valence-corrected chi connectivity index (χ1v) is 18.1. The molecule has 4 N–H and O–H groups in total. The molecule has 274 valence electrons. The van der Waals surface area contributed by atoms with Crippen LogP contribution in [-0.4, -0.2) is 87.4 Å². The fourth-order valence-corrected chi connectivity index (χ4v) is 5.53. The number of likely N-dealkylation sites (tertiary alicyclic amines) is 1. The highest BCUT2D eigenvalue weighted by Gasteiger charge is 2.43. The Morgan fingerprint density at radius 1 is 0.878 bits per heavy atom. The molecule has 2 saturated carbocycles. The summed E-state index contributed by atoms with van der Waals surface area (Å²) in [6.45, 7) is 11.4. The molecular weight excluding hydrogens is 626 g/mol. The monoisotopic (exact) mass is 685 g/mol. The molecule has 5 amide bonds. The van der Waals surface area contributed by atoms with Crippen LogP contribution in [0.4, 0.5) is 0 Å². The number of nitrogens with zero attached hydrogens (tertiary/aromatic N) is 3. The molecule has 3 fully saturated rings. The molecule has 4 rings (SSSR count). The van der Waals surface area contributed by atoms with Crippen LogP contribution in [0, 0.1) is 5.41 Å². The number of ketones is 1. The second-order valence-electron chi connectivity index (χ2n) is 14.1. The van der Waals surface area contributed by atoms with Crippen molar-refractivity contribution in [3.05, 3.63) is 24.3 Å². The van der Waals surface area contributed by atoms with Gasteiger partial charge in [-0.1, -0.05) is 92.9 Å². The zero-order chi connectivity index (χ0) is 36.4. The number of Topliss-reactive ketones (excluding diaryl/α,β-unsaturated/α-hetero) is 1. The first-order valence-electron chi connectivity index (χ1n) is 18.1. The standard InChI is InChI=1S/C27H39N7O6.C6H12.C3H8/c1-5-7-17(21(36)25(39)31-16-9-10-16)32-24(38)19-8-6-13-34(19)26(40)22(27(2,3)4)33-20(35)15-30-23(37)18-14-28-11-12-29-18;1-2-4-6-5-3-1;1-3-2/h11-12,14,16-17,19,22H,5-10,13,15H2,1-4H3,(H,30,37)(H,31,39)(H,32,38)(H,33,35);1-6H2;3H2,1-2H3/t17-,19?,22?;;/m0../s1. The lowest BCUT2D eigenvalue weighted by Gasteiger charge is -2.35. The van der Waals surface area contributed by atoms with E-state index >= 15 is 0 Å². The van der Waals surface area contributed by atoms with Gasteiger partial charge < -0.3 is 26.2 Å². The van der Waals surface area contributed by atoms with Crippen molar-refractivity contribution in [1.82, 2.24) is 36.1 Å². The summed E-state index contributed by atoms with van der Waals surface area (Å²) in [5.41, 5.74) is -0.665. The fourth-order valence-electron chi connectivity index (χ4n) is 5.53. The number of hydrogen-bond donors (Lipinski definition) is 4. The Morgan fingerprint density at radius 3 is 2.00 bits per heavy atom. The van der Waals surface area contributed by atoms with Crippen molar-refractivity contribution in [2.45, 2.75) is 149 Å². The molecule has 1 aromatic rings. The van der Waals surface area contributed by atoms with Crippen molar-refractivity contribution in [3.63, 3.8) is 0 Å². The third-order valence-electron chi connectivity index (χ3n) is 8.31. The Kier molecular flexibility index (Phi) is 17.9. The molecule has 0 aromatic carbocycles. The molecule has 13 heteroatoms. The third kappa shape index (κ3) is 14.6. The van der Waals surface area contributed by atoms with Gasteiger partial charge in [0.1, 0.15) is 17.8 Å². The number of nitrogens with one attached hydrogen (secondary N) is 4. The van der Waals surface area contributed by atoms with Crippen molar-refractivity contribution in [2.24, 2.45) is 5.41 Å². The number of carbonyl (C=O) groups excluding carboxylic acids is 6. The normalized spacial score (nSPS) is 18.2. The molecule has 1 aromatic heterocycles. The van der Waals surface area contributed by atoms with Gasteiger partial charge in [-0.2, -0.15) is 0 Å². The maximum Gasteiger partial charge on any atom is 0.289 e. The molecule has 2 unspecified atom stereocenters. The van der Waals surface area contributed by atoms with Crippen LogP contribution in [0.25, 0.3) is 0 Å². The maximum atomic E-state index is 13.7. The van der Waals surface area contributed by atoms with Crippen LogP contribution in [0.5, 0.6) is 0 Å². The lowest BCUT2D eigenvalue weighted by atomic mass is 9.85.